The molecule has 2 fully saturated rings. The van der Waals surface area contributed by atoms with Crippen molar-refractivity contribution in [1.29, 1.82) is 0 Å². The van der Waals surface area contributed by atoms with Crippen LogP contribution in [0.25, 0.3) is 0 Å². The van der Waals surface area contributed by atoms with Crippen LogP contribution in [0.15, 0.2) is 0 Å². The summed E-state index contributed by atoms with van der Waals surface area (Å²) in [7, 11) is 0. The van der Waals surface area contributed by atoms with Gasteiger partial charge in [0.1, 0.15) is 0 Å². The molecule has 1 N–H and O–H groups in total. The Morgan fingerprint density at radius 3 is 2.50 bits per heavy atom. The quantitative estimate of drug-likeness (QED) is 0.815. The Morgan fingerprint density at radius 1 is 1.17 bits per heavy atom. The van der Waals surface area contributed by atoms with Crippen molar-refractivity contribution in [2.45, 2.75) is 64.3 Å². The molecule has 3 heteroatoms. The minimum Gasteiger partial charge on any atom is -0.341 e. The van der Waals surface area contributed by atoms with Crippen LogP contribution in [0.1, 0.15) is 58.3 Å². The Hall–Kier alpha value is -0.570. The average Bonchev–Trinajstić information content (AvgIpc) is 2.90. The Bertz CT molecular complexity index is 255. The van der Waals surface area contributed by atoms with Crippen LogP contribution in [-0.4, -0.2) is 36.5 Å². The summed E-state index contributed by atoms with van der Waals surface area (Å²) in [6, 6.07) is 0.534. The second kappa shape index (κ2) is 7.13. The fraction of sp³-hybridized carbons (Fsp3) is 0.933. The fourth-order valence-corrected chi connectivity index (χ4v) is 3.34. The van der Waals surface area contributed by atoms with Crippen LogP contribution in [0, 0.1) is 5.92 Å². The second-order valence-electron chi connectivity index (χ2n) is 5.93. The molecular weight excluding hydrogens is 224 g/mol. The maximum atomic E-state index is 12.3. The molecule has 0 aromatic carbocycles. The molecule has 0 aromatic heterocycles. The largest absolute Gasteiger partial charge is 0.341 e. The average molecular weight is 252 g/mol. The van der Waals surface area contributed by atoms with Gasteiger partial charge in [-0.25, -0.2) is 0 Å². The Morgan fingerprint density at radius 2 is 1.89 bits per heavy atom. The van der Waals surface area contributed by atoms with Crippen molar-refractivity contribution < 1.29 is 4.79 Å². The van der Waals surface area contributed by atoms with Gasteiger partial charge in [0.15, 0.2) is 0 Å². The lowest BCUT2D eigenvalue weighted by molar-refractivity contribution is -0.132. The number of amides is 1. The van der Waals surface area contributed by atoms with Crippen LogP contribution in [0.4, 0.5) is 0 Å². The summed E-state index contributed by atoms with van der Waals surface area (Å²) < 4.78 is 0. The number of nitrogens with one attached hydrogen (secondary N) is 1. The second-order valence-corrected chi connectivity index (χ2v) is 5.93. The maximum absolute atomic E-state index is 12.3. The number of piperidine rings is 1. The van der Waals surface area contributed by atoms with E-state index in [4.69, 9.17) is 0 Å². The van der Waals surface area contributed by atoms with Gasteiger partial charge in [-0.05, 0) is 45.1 Å². The van der Waals surface area contributed by atoms with Crippen molar-refractivity contribution in [3.05, 3.63) is 0 Å². The van der Waals surface area contributed by atoms with Gasteiger partial charge in [-0.2, -0.15) is 0 Å². The van der Waals surface area contributed by atoms with Gasteiger partial charge in [0.05, 0.1) is 0 Å². The molecule has 2 aliphatic rings. The summed E-state index contributed by atoms with van der Waals surface area (Å²) in [5.74, 6) is 1.06. The molecule has 1 unspecified atom stereocenters. The highest BCUT2D eigenvalue weighted by molar-refractivity contribution is 5.76. The molecule has 0 radical (unpaired) electrons. The number of nitrogens with zero attached hydrogens (tertiary/aromatic N) is 1. The highest BCUT2D eigenvalue weighted by atomic mass is 16.2. The lowest BCUT2D eigenvalue weighted by Gasteiger charge is -2.30. The summed E-state index contributed by atoms with van der Waals surface area (Å²) in [5, 5.41) is 3.54. The summed E-state index contributed by atoms with van der Waals surface area (Å²) in [4.78, 5) is 14.4. The van der Waals surface area contributed by atoms with E-state index in [1.54, 1.807) is 0 Å². The zero-order chi connectivity index (χ0) is 12.8. The number of rotatable bonds is 5. The van der Waals surface area contributed by atoms with Crippen LogP contribution in [0.3, 0.4) is 0 Å². The molecule has 1 heterocycles. The molecule has 18 heavy (non-hydrogen) atoms. The lowest BCUT2D eigenvalue weighted by Crippen LogP contribution is -2.46. The van der Waals surface area contributed by atoms with E-state index >= 15 is 0 Å². The molecular formula is C15H28N2O. The molecule has 0 aromatic rings. The zero-order valence-corrected chi connectivity index (χ0v) is 11.8. The minimum absolute atomic E-state index is 0.386. The number of likely N-dealkylation sites (N-methyl/N-ethyl adjacent to an activating group) is 1. The normalized spacial score (nSPS) is 25.3. The van der Waals surface area contributed by atoms with Crippen LogP contribution in [0.2, 0.25) is 0 Å². The van der Waals surface area contributed by atoms with Gasteiger partial charge < -0.3 is 10.2 Å². The molecule has 1 amide bonds. The first-order valence-electron chi connectivity index (χ1n) is 7.80. The van der Waals surface area contributed by atoms with Crippen molar-refractivity contribution in [2.24, 2.45) is 5.92 Å². The van der Waals surface area contributed by atoms with E-state index in [9.17, 15) is 4.79 Å². The van der Waals surface area contributed by atoms with Crippen molar-refractivity contribution in [3.8, 4) is 0 Å². The van der Waals surface area contributed by atoms with Gasteiger partial charge >= 0.3 is 0 Å². The SMILES string of the molecule is CCN(CC1CCCCN1)C(=O)CC1CCCC1. The molecule has 1 saturated heterocycles. The predicted molar refractivity (Wildman–Crippen MR) is 74.5 cm³/mol. The first-order valence-corrected chi connectivity index (χ1v) is 7.80. The van der Waals surface area contributed by atoms with E-state index in [1.165, 1.54) is 44.9 Å². The Kier molecular flexibility index (Phi) is 5.48. The van der Waals surface area contributed by atoms with Crippen molar-refractivity contribution >= 4 is 5.91 Å². The summed E-state index contributed by atoms with van der Waals surface area (Å²) in [5.41, 5.74) is 0. The summed E-state index contributed by atoms with van der Waals surface area (Å²) in [6.07, 6.45) is 9.82. The van der Waals surface area contributed by atoms with Gasteiger partial charge in [0.2, 0.25) is 5.91 Å². The maximum Gasteiger partial charge on any atom is 0.222 e. The molecule has 0 spiro atoms. The van der Waals surface area contributed by atoms with Gasteiger partial charge in [-0.15, -0.1) is 0 Å². The minimum atomic E-state index is 0.386. The zero-order valence-electron chi connectivity index (χ0n) is 11.8. The van der Waals surface area contributed by atoms with Crippen molar-refractivity contribution in [3.63, 3.8) is 0 Å². The van der Waals surface area contributed by atoms with Crippen molar-refractivity contribution in [2.75, 3.05) is 19.6 Å². The van der Waals surface area contributed by atoms with Gasteiger partial charge in [-0.3, -0.25) is 4.79 Å². The highest BCUT2D eigenvalue weighted by Gasteiger charge is 2.23. The topological polar surface area (TPSA) is 32.3 Å². The highest BCUT2D eigenvalue weighted by Crippen LogP contribution is 2.28. The number of carbonyl (C=O) groups excluding carboxylic acids is 1. The lowest BCUT2D eigenvalue weighted by atomic mass is 10.0. The first-order chi connectivity index (χ1) is 8.79. The van der Waals surface area contributed by atoms with Gasteiger partial charge in [0, 0.05) is 25.6 Å². The number of hydrogen-bond donors (Lipinski definition) is 1. The van der Waals surface area contributed by atoms with Gasteiger partial charge in [-0.1, -0.05) is 19.3 Å². The monoisotopic (exact) mass is 252 g/mol. The van der Waals surface area contributed by atoms with Crippen LogP contribution in [0.5, 0.6) is 0 Å². The first kappa shape index (κ1) is 13.9. The van der Waals surface area contributed by atoms with E-state index in [1.807, 2.05) is 0 Å². The van der Waals surface area contributed by atoms with E-state index in [-0.39, 0.29) is 0 Å². The van der Waals surface area contributed by atoms with Crippen LogP contribution in [-0.2, 0) is 4.79 Å². The van der Waals surface area contributed by atoms with Crippen LogP contribution < -0.4 is 5.32 Å². The third kappa shape index (κ3) is 3.98. The Balaban J connectivity index is 1.76. The number of carbonyl (C=O) groups is 1. The third-order valence-corrected chi connectivity index (χ3v) is 4.53. The molecule has 0 bridgehead atoms. The molecule has 1 atom stereocenters. The van der Waals surface area contributed by atoms with E-state index in [0.717, 1.165) is 26.1 Å². The standard InChI is InChI=1S/C15H28N2O/c1-2-17(12-14-9-5-6-10-16-14)15(18)11-13-7-3-4-8-13/h13-14,16H,2-12H2,1H3. The van der Waals surface area contributed by atoms with E-state index < -0.39 is 0 Å². The number of hydrogen-bond acceptors (Lipinski definition) is 2. The fourth-order valence-electron chi connectivity index (χ4n) is 3.34. The summed E-state index contributed by atoms with van der Waals surface area (Å²) in [6.45, 7) is 5.01. The van der Waals surface area contributed by atoms with E-state index in [2.05, 4.69) is 17.1 Å². The molecule has 1 saturated carbocycles. The molecule has 3 nitrogen and oxygen atoms in total. The Labute approximate surface area is 111 Å². The summed E-state index contributed by atoms with van der Waals surface area (Å²) >= 11 is 0. The molecule has 104 valence electrons. The molecule has 1 aliphatic carbocycles. The van der Waals surface area contributed by atoms with Gasteiger partial charge in [0.25, 0.3) is 0 Å². The predicted octanol–water partition coefficient (Wildman–Crippen LogP) is 2.56. The smallest absolute Gasteiger partial charge is 0.222 e. The van der Waals surface area contributed by atoms with Crippen molar-refractivity contribution in [1.82, 2.24) is 10.2 Å². The molecule has 1 aliphatic heterocycles. The van der Waals surface area contributed by atoms with E-state index in [0.29, 0.717) is 17.9 Å². The third-order valence-electron chi connectivity index (χ3n) is 4.53. The van der Waals surface area contributed by atoms with Crippen LogP contribution >= 0.6 is 0 Å². The molecule has 2 rings (SSSR count).